The Labute approximate surface area is 64.7 Å². The molecular weight excluding hydrogens is 152 g/mol. The molecule has 0 radical (unpaired) electrons. The molecule has 0 heterocycles. The standard InChI is InChI=1S/C5H6N2S2/c1-5(2,6-3-8)7-4-9/h1-2H3. The summed E-state index contributed by atoms with van der Waals surface area (Å²) in [5.41, 5.74) is -0.580. The fourth-order valence-electron chi connectivity index (χ4n) is 0.248. The first-order valence-corrected chi connectivity index (χ1v) is 3.12. The van der Waals surface area contributed by atoms with Gasteiger partial charge in [0.05, 0.1) is 10.3 Å². The van der Waals surface area contributed by atoms with Crippen LogP contribution in [0.1, 0.15) is 13.8 Å². The van der Waals surface area contributed by atoms with Crippen molar-refractivity contribution in [3.8, 4) is 0 Å². The summed E-state index contributed by atoms with van der Waals surface area (Å²) in [6, 6.07) is 0. The number of hydrogen-bond acceptors (Lipinski definition) is 4. The van der Waals surface area contributed by atoms with Crippen LogP contribution >= 0.6 is 24.4 Å². The van der Waals surface area contributed by atoms with Gasteiger partial charge in [0.15, 0.2) is 5.66 Å². The zero-order valence-corrected chi connectivity index (χ0v) is 6.84. The molecule has 0 aromatic carbocycles. The van der Waals surface area contributed by atoms with Crippen LogP contribution in [-0.2, 0) is 0 Å². The highest BCUT2D eigenvalue weighted by Crippen LogP contribution is 2.07. The maximum Gasteiger partial charge on any atom is 0.164 e. The number of aliphatic imine (C=N–C) groups is 2. The highest BCUT2D eigenvalue weighted by molar-refractivity contribution is 7.78. The van der Waals surface area contributed by atoms with Gasteiger partial charge in [-0.2, -0.15) is 0 Å². The zero-order valence-electron chi connectivity index (χ0n) is 5.21. The van der Waals surface area contributed by atoms with Gasteiger partial charge in [-0.1, -0.05) is 0 Å². The van der Waals surface area contributed by atoms with Crippen molar-refractivity contribution in [3.63, 3.8) is 0 Å². The van der Waals surface area contributed by atoms with Crippen molar-refractivity contribution in [2.75, 3.05) is 0 Å². The van der Waals surface area contributed by atoms with Crippen LogP contribution in [0.2, 0.25) is 0 Å². The Balaban J connectivity index is 4.36. The number of isothiocyanates is 2. The van der Waals surface area contributed by atoms with Crippen LogP contribution in [-0.4, -0.2) is 16.0 Å². The minimum atomic E-state index is -0.580. The Kier molecular flexibility index (Phi) is 3.43. The second kappa shape index (κ2) is 3.59. The molecule has 0 amide bonds. The van der Waals surface area contributed by atoms with E-state index in [1.807, 2.05) is 0 Å². The maximum atomic E-state index is 4.38. The molecule has 4 heteroatoms. The Morgan fingerprint density at radius 3 is 1.67 bits per heavy atom. The minimum Gasteiger partial charge on any atom is -0.202 e. The summed E-state index contributed by atoms with van der Waals surface area (Å²) in [5, 5.41) is 4.44. The van der Waals surface area contributed by atoms with Gasteiger partial charge in [-0.3, -0.25) is 0 Å². The normalized spacial score (nSPS) is 9.11. The van der Waals surface area contributed by atoms with E-state index in [0.717, 1.165) is 0 Å². The number of hydrogen-bond donors (Lipinski definition) is 0. The van der Waals surface area contributed by atoms with Crippen LogP contribution < -0.4 is 0 Å². The second-order valence-corrected chi connectivity index (χ2v) is 2.27. The van der Waals surface area contributed by atoms with Crippen LogP contribution in [0.3, 0.4) is 0 Å². The average Bonchev–Trinajstić information content (AvgIpc) is 1.64. The van der Waals surface area contributed by atoms with Crippen molar-refractivity contribution >= 4 is 34.8 Å². The Bertz CT molecular complexity index is 165. The lowest BCUT2D eigenvalue weighted by molar-refractivity contribution is 0.562. The molecule has 0 aromatic rings. The van der Waals surface area contributed by atoms with Gasteiger partial charge in [-0.25, -0.2) is 9.98 Å². The summed E-state index contributed by atoms with van der Waals surface area (Å²) in [6.45, 7) is 3.54. The van der Waals surface area contributed by atoms with Gasteiger partial charge in [0.25, 0.3) is 0 Å². The van der Waals surface area contributed by atoms with E-state index in [0.29, 0.717) is 0 Å². The van der Waals surface area contributed by atoms with E-state index >= 15 is 0 Å². The van der Waals surface area contributed by atoms with E-state index in [2.05, 4.69) is 44.7 Å². The monoisotopic (exact) mass is 158 g/mol. The zero-order chi connectivity index (χ0) is 7.33. The van der Waals surface area contributed by atoms with Crippen molar-refractivity contribution in [3.05, 3.63) is 0 Å². The van der Waals surface area contributed by atoms with E-state index in [4.69, 9.17) is 0 Å². The molecule has 9 heavy (non-hydrogen) atoms. The van der Waals surface area contributed by atoms with E-state index in [9.17, 15) is 0 Å². The highest BCUT2D eigenvalue weighted by atomic mass is 32.1. The van der Waals surface area contributed by atoms with Crippen molar-refractivity contribution in [1.82, 2.24) is 0 Å². The van der Waals surface area contributed by atoms with E-state index < -0.39 is 5.66 Å². The molecule has 0 saturated heterocycles. The molecular formula is C5H6N2S2. The number of thiocarbonyl (C=S) groups is 2. The topological polar surface area (TPSA) is 24.7 Å². The SMILES string of the molecule is CC(C)(N=C=S)N=C=S. The fourth-order valence-corrected chi connectivity index (χ4v) is 0.695. The van der Waals surface area contributed by atoms with Crippen LogP contribution in [0.15, 0.2) is 9.98 Å². The lowest BCUT2D eigenvalue weighted by atomic mass is 10.3. The summed E-state index contributed by atoms with van der Waals surface area (Å²) in [6.07, 6.45) is 0. The van der Waals surface area contributed by atoms with E-state index in [1.54, 1.807) is 13.8 Å². The van der Waals surface area contributed by atoms with Gasteiger partial charge in [0, 0.05) is 0 Å². The molecule has 0 bridgehead atoms. The van der Waals surface area contributed by atoms with Crippen molar-refractivity contribution in [2.24, 2.45) is 9.98 Å². The van der Waals surface area contributed by atoms with Crippen molar-refractivity contribution in [1.29, 1.82) is 0 Å². The van der Waals surface area contributed by atoms with E-state index in [1.165, 1.54) is 0 Å². The van der Waals surface area contributed by atoms with Gasteiger partial charge in [0.2, 0.25) is 0 Å². The first-order valence-electron chi connectivity index (χ1n) is 2.30. The summed E-state index contributed by atoms with van der Waals surface area (Å²) < 4.78 is 0. The first kappa shape index (κ1) is 8.60. The molecule has 0 unspecified atom stereocenters. The third-order valence-electron chi connectivity index (χ3n) is 0.639. The molecule has 0 aromatic heterocycles. The minimum absolute atomic E-state index is 0.580. The molecule has 2 nitrogen and oxygen atoms in total. The average molecular weight is 158 g/mol. The van der Waals surface area contributed by atoms with Gasteiger partial charge in [0.1, 0.15) is 0 Å². The lowest BCUT2D eigenvalue weighted by Gasteiger charge is -2.06. The quantitative estimate of drug-likeness (QED) is 0.453. The largest absolute Gasteiger partial charge is 0.202 e. The van der Waals surface area contributed by atoms with Crippen molar-refractivity contribution < 1.29 is 0 Å². The molecule has 0 saturated carbocycles. The molecule has 0 aliphatic heterocycles. The molecule has 0 atom stereocenters. The third-order valence-corrected chi connectivity index (χ3v) is 0.821. The molecule has 48 valence electrons. The Morgan fingerprint density at radius 1 is 1.11 bits per heavy atom. The van der Waals surface area contributed by atoms with Crippen LogP contribution in [0, 0.1) is 0 Å². The van der Waals surface area contributed by atoms with Gasteiger partial charge < -0.3 is 0 Å². The molecule has 0 aliphatic rings. The molecule has 0 spiro atoms. The summed E-state index contributed by atoms with van der Waals surface area (Å²) in [4.78, 5) is 7.43. The first-order chi connectivity index (χ1) is 4.12. The van der Waals surface area contributed by atoms with Crippen LogP contribution in [0.25, 0.3) is 0 Å². The summed E-state index contributed by atoms with van der Waals surface area (Å²) >= 11 is 8.75. The van der Waals surface area contributed by atoms with Gasteiger partial charge >= 0.3 is 0 Å². The number of rotatable bonds is 2. The maximum absolute atomic E-state index is 4.38. The van der Waals surface area contributed by atoms with E-state index in [-0.39, 0.29) is 0 Å². The third kappa shape index (κ3) is 4.13. The predicted octanol–water partition coefficient (Wildman–Crippen LogP) is 1.93. The highest BCUT2D eigenvalue weighted by Gasteiger charge is 2.10. The second-order valence-electron chi connectivity index (χ2n) is 1.90. The van der Waals surface area contributed by atoms with Crippen molar-refractivity contribution in [2.45, 2.75) is 19.5 Å². The summed E-state index contributed by atoms with van der Waals surface area (Å²) in [7, 11) is 0. The van der Waals surface area contributed by atoms with Crippen LogP contribution in [0.5, 0.6) is 0 Å². The fraction of sp³-hybridized carbons (Fsp3) is 0.600. The number of nitrogens with zero attached hydrogens (tertiary/aromatic N) is 2. The predicted molar refractivity (Wildman–Crippen MR) is 44.1 cm³/mol. The molecule has 0 N–H and O–H groups in total. The molecule has 0 aliphatic carbocycles. The molecule has 0 rings (SSSR count). The van der Waals surface area contributed by atoms with Gasteiger partial charge in [-0.05, 0) is 38.3 Å². The summed E-state index contributed by atoms with van der Waals surface area (Å²) in [5.74, 6) is 0. The Hall–Kier alpha value is -0.400. The smallest absolute Gasteiger partial charge is 0.164 e. The lowest BCUT2D eigenvalue weighted by Crippen LogP contribution is -2.10. The molecule has 0 fully saturated rings. The van der Waals surface area contributed by atoms with Crippen LogP contribution in [0.4, 0.5) is 0 Å². The Morgan fingerprint density at radius 2 is 1.44 bits per heavy atom. The van der Waals surface area contributed by atoms with Gasteiger partial charge in [-0.15, -0.1) is 0 Å².